The zero-order valence-electron chi connectivity index (χ0n) is 14.2. The van der Waals surface area contributed by atoms with E-state index in [4.69, 9.17) is 9.72 Å². The number of hydrogen-bond acceptors (Lipinski definition) is 4. The second-order valence-electron chi connectivity index (χ2n) is 6.56. The number of halogens is 1. The van der Waals surface area contributed by atoms with Gasteiger partial charge >= 0.3 is 0 Å². The molecule has 0 aliphatic carbocycles. The summed E-state index contributed by atoms with van der Waals surface area (Å²) in [5.41, 5.74) is 2.08. The molecule has 1 aliphatic rings. The number of methoxy groups -OCH3 is 1. The van der Waals surface area contributed by atoms with Crippen LogP contribution in [-0.4, -0.2) is 30.1 Å². The van der Waals surface area contributed by atoms with Gasteiger partial charge in [-0.15, -0.1) is 11.3 Å². The average molecular weight is 356 g/mol. The number of rotatable bonds is 4. The summed E-state index contributed by atoms with van der Waals surface area (Å²) in [5.74, 6) is 0.476. The smallest absolute Gasteiger partial charge is 0.165 e. The van der Waals surface area contributed by atoms with Gasteiger partial charge in [0, 0.05) is 19.0 Å². The number of aromatic nitrogens is 1. The summed E-state index contributed by atoms with van der Waals surface area (Å²) in [6.45, 7) is 2.80. The van der Waals surface area contributed by atoms with E-state index in [9.17, 15) is 4.39 Å². The first-order valence-electron chi connectivity index (χ1n) is 8.63. The summed E-state index contributed by atoms with van der Waals surface area (Å²) in [7, 11) is 1.49. The monoisotopic (exact) mass is 356 g/mol. The summed E-state index contributed by atoms with van der Waals surface area (Å²) in [4.78, 5) is 7.23. The first-order chi connectivity index (χ1) is 12.2. The fourth-order valence-electron chi connectivity index (χ4n) is 3.53. The number of hydrogen-bond donors (Lipinski definition) is 0. The number of thiazole rings is 1. The lowest BCUT2D eigenvalue weighted by Gasteiger charge is -2.31. The molecule has 3 aromatic rings. The molecule has 2 aromatic carbocycles. The van der Waals surface area contributed by atoms with Gasteiger partial charge < -0.3 is 4.74 Å². The van der Waals surface area contributed by atoms with Crippen molar-refractivity contribution in [1.29, 1.82) is 0 Å². The molecule has 130 valence electrons. The predicted molar refractivity (Wildman–Crippen MR) is 99.8 cm³/mol. The Morgan fingerprint density at radius 2 is 2.16 bits per heavy atom. The molecule has 0 spiro atoms. The maximum absolute atomic E-state index is 13.9. The first kappa shape index (κ1) is 16.5. The maximum atomic E-state index is 13.9. The number of fused-ring (bicyclic) bond motifs is 1. The van der Waals surface area contributed by atoms with Crippen LogP contribution in [0.3, 0.4) is 0 Å². The van der Waals surface area contributed by atoms with E-state index in [-0.39, 0.29) is 5.82 Å². The fourth-order valence-corrected chi connectivity index (χ4v) is 4.63. The molecule has 1 aromatic heterocycles. The number of benzene rings is 2. The van der Waals surface area contributed by atoms with E-state index in [0.29, 0.717) is 11.7 Å². The third-order valence-corrected chi connectivity index (χ3v) is 5.99. The number of para-hydroxylation sites is 1. The van der Waals surface area contributed by atoms with Gasteiger partial charge in [0.1, 0.15) is 0 Å². The third-order valence-electron chi connectivity index (χ3n) is 4.79. The highest BCUT2D eigenvalue weighted by Gasteiger charge is 2.24. The van der Waals surface area contributed by atoms with Crippen molar-refractivity contribution in [1.82, 2.24) is 9.88 Å². The molecule has 2 heterocycles. The summed E-state index contributed by atoms with van der Waals surface area (Å²) in [6.07, 6.45) is 2.33. The van der Waals surface area contributed by atoms with Crippen LogP contribution in [0, 0.1) is 5.82 Å². The molecular weight excluding hydrogens is 335 g/mol. The van der Waals surface area contributed by atoms with Crippen molar-refractivity contribution >= 4 is 21.6 Å². The van der Waals surface area contributed by atoms with Gasteiger partial charge in [-0.05, 0) is 49.2 Å². The summed E-state index contributed by atoms with van der Waals surface area (Å²) in [5, 5.41) is 1.23. The Morgan fingerprint density at radius 3 is 2.96 bits per heavy atom. The zero-order chi connectivity index (χ0) is 17.2. The minimum atomic E-state index is -0.292. The Bertz CT molecular complexity index is 846. The highest BCUT2D eigenvalue weighted by atomic mass is 32.1. The molecule has 1 aliphatic heterocycles. The standard InChI is InChI=1S/C20H21FN2OS/c1-24-18-9-8-14(11-16(18)21)12-23-10-4-5-15(13-23)20-22-17-6-2-3-7-19(17)25-20/h2-3,6-9,11,15H,4-5,10,12-13H2,1H3/t15-/m1/s1. The molecule has 0 saturated carbocycles. The van der Waals surface area contributed by atoms with Crippen molar-refractivity contribution in [2.75, 3.05) is 20.2 Å². The second kappa shape index (κ2) is 7.10. The molecule has 5 heteroatoms. The Labute approximate surface area is 151 Å². The highest BCUT2D eigenvalue weighted by molar-refractivity contribution is 7.18. The lowest BCUT2D eigenvalue weighted by atomic mass is 9.98. The van der Waals surface area contributed by atoms with Crippen LogP contribution < -0.4 is 4.74 Å². The maximum Gasteiger partial charge on any atom is 0.165 e. The fraction of sp³-hybridized carbons (Fsp3) is 0.350. The summed E-state index contributed by atoms with van der Waals surface area (Å²) >= 11 is 1.81. The SMILES string of the molecule is COc1ccc(CN2CCC[C@@H](c3nc4ccccc4s3)C2)cc1F. The topological polar surface area (TPSA) is 25.4 Å². The van der Waals surface area contributed by atoms with E-state index >= 15 is 0 Å². The zero-order valence-corrected chi connectivity index (χ0v) is 15.1. The van der Waals surface area contributed by atoms with E-state index in [2.05, 4.69) is 23.1 Å². The van der Waals surface area contributed by atoms with E-state index in [0.717, 1.165) is 37.1 Å². The highest BCUT2D eigenvalue weighted by Crippen LogP contribution is 2.33. The summed E-state index contributed by atoms with van der Waals surface area (Å²) in [6, 6.07) is 13.6. The van der Waals surface area contributed by atoms with Gasteiger partial charge in [-0.1, -0.05) is 18.2 Å². The predicted octanol–water partition coefficient (Wildman–Crippen LogP) is 4.82. The van der Waals surface area contributed by atoms with Gasteiger partial charge in [-0.25, -0.2) is 9.37 Å². The average Bonchev–Trinajstić information content (AvgIpc) is 3.06. The van der Waals surface area contributed by atoms with Crippen LogP contribution in [0.5, 0.6) is 5.75 Å². The van der Waals surface area contributed by atoms with Crippen LogP contribution >= 0.6 is 11.3 Å². The Hall–Kier alpha value is -1.98. The van der Waals surface area contributed by atoms with Gasteiger partial charge in [-0.3, -0.25) is 4.90 Å². The van der Waals surface area contributed by atoms with Gasteiger partial charge in [-0.2, -0.15) is 0 Å². The third kappa shape index (κ3) is 3.53. The molecule has 4 rings (SSSR count). The molecule has 25 heavy (non-hydrogen) atoms. The summed E-state index contributed by atoms with van der Waals surface area (Å²) < 4.78 is 20.2. The Morgan fingerprint density at radius 1 is 1.28 bits per heavy atom. The van der Waals surface area contributed by atoms with E-state index in [1.165, 1.54) is 23.2 Å². The lowest BCUT2D eigenvalue weighted by Crippen LogP contribution is -2.33. The molecule has 0 amide bonds. The van der Waals surface area contributed by atoms with Crippen molar-refractivity contribution in [3.8, 4) is 5.75 Å². The molecule has 1 fully saturated rings. The van der Waals surface area contributed by atoms with Crippen LogP contribution in [0.15, 0.2) is 42.5 Å². The quantitative estimate of drug-likeness (QED) is 0.670. The van der Waals surface area contributed by atoms with Crippen molar-refractivity contribution in [2.24, 2.45) is 0 Å². The van der Waals surface area contributed by atoms with Gasteiger partial charge in [0.25, 0.3) is 0 Å². The van der Waals surface area contributed by atoms with Gasteiger partial charge in [0.2, 0.25) is 0 Å². The molecule has 0 bridgehead atoms. The minimum absolute atomic E-state index is 0.292. The van der Waals surface area contributed by atoms with Crippen LogP contribution in [-0.2, 0) is 6.54 Å². The minimum Gasteiger partial charge on any atom is -0.494 e. The first-order valence-corrected chi connectivity index (χ1v) is 9.45. The van der Waals surface area contributed by atoms with Crippen molar-refractivity contribution < 1.29 is 9.13 Å². The normalized spacial score (nSPS) is 18.6. The Balaban J connectivity index is 1.48. The van der Waals surface area contributed by atoms with Gasteiger partial charge in [0.05, 0.1) is 22.3 Å². The van der Waals surface area contributed by atoms with Crippen molar-refractivity contribution in [2.45, 2.75) is 25.3 Å². The second-order valence-corrected chi connectivity index (χ2v) is 7.63. The molecule has 1 saturated heterocycles. The van der Waals surface area contributed by atoms with Crippen LogP contribution in [0.4, 0.5) is 4.39 Å². The van der Waals surface area contributed by atoms with Crippen molar-refractivity contribution in [3.63, 3.8) is 0 Å². The Kier molecular flexibility index (Phi) is 4.68. The molecule has 0 unspecified atom stereocenters. The molecule has 0 radical (unpaired) electrons. The lowest BCUT2D eigenvalue weighted by molar-refractivity contribution is 0.200. The van der Waals surface area contributed by atoms with E-state index in [1.807, 2.05) is 12.1 Å². The largest absolute Gasteiger partial charge is 0.494 e. The van der Waals surface area contributed by atoms with E-state index in [1.54, 1.807) is 23.5 Å². The van der Waals surface area contributed by atoms with Crippen LogP contribution in [0.25, 0.3) is 10.2 Å². The number of nitrogens with zero attached hydrogens (tertiary/aromatic N) is 2. The van der Waals surface area contributed by atoms with Crippen LogP contribution in [0.2, 0.25) is 0 Å². The molecule has 0 N–H and O–H groups in total. The number of likely N-dealkylation sites (tertiary alicyclic amines) is 1. The molecular formula is C20H21FN2OS. The van der Waals surface area contributed by atoms with Crippen LogP contribution in [0.1, 0.15) is 29.3 Å². The molecule has 1 atom stereocenters. The van der Waals surface area contributed by atoms with Crippen molar-refractivity contribution in [3.05, 3.63) is 58.9 Å². The van der Waals surface area contributed by atoms with E-state index < -0.39 is 0 Å². The number of ether oxygens (including phenoxy) is 1. The van der Waals surface area contributed by atoms with Gasteiger partial charge in [0.15, 0.2) is 11.6 Å². The molecule has 3 nitrogen and oxygen atoms in total. The number of piperidine rings is 1.